The van der Waals surface area contributed by atoms with Crippen LogP contribution in [0, 0.1) is 5.92 Å². The summed E-state index contributed by atoms with van der Waals surface area (Å²) in [5.41, 5.74) is 3.32. The Morgan fingerprint density at radius 2 is 1.78 bits per heavy atom. The predicted molar refractivity (Wildman–Crippen MR) is 146 cm³/mol. The van der Waals surface area contributed by atoms with E-state index in [1.165, 1.54) is 0 Å². The molecule has 1 aromatic heterocycles. The van der Waals surface area contributed by atoms with Gasteiger partial charge in [-0.1, -0.05) is 56.3 Å². The minimum atomic E-state index is -1.63. The summed E-state index contributed by atoms with van der Waals surface area (Å²) in [6.07, 6.45) is 0.458. The van der Waals surface area contributed by atoms with Crippen LogP contribution in [0.3, 0.4) is 0 Å². The lowest BCUT2D eigenvalue weighted by Gasteiger charge is -2.20. The van der Waals surface area contributed by atoms with Gasteiger partial charge in [0.25, 0.3) is 0 Å². The Bertz CT molecular complexity index is 1090. The average Bonchev–Trinajstić information content (AvgIpc) is 3.22. The van der Waals surface area contributed by atoms with E-state index in [2.05, 4.69) is 10.2 Å². The Morgan fingerprint density at radius 1 is 1.08 bits per heavy atom. The van der Waals surface area contributed by atoms with Crippen molar-refractivity contribution in [2.24, 2.45) is 5.92 Å². The highest BCUT2D eigenvalue weighted by molar-refractivity contribution is 6.43. The molecule has 0 aliphatic heterocycles. The van der Waals surface area contributed by atoms with Gasteiger partial charge in [-0.05, 0) is 50.2 Å². The lowest BCUT2D eigenvalue weighted by molar-refractivity contribution is -0.122. The minimum absolute atomic E-state index is 0. The zero-order valence-electron chi connectivity index (χ0n) is 21.3. The van der Waals surface area contributed by atoms with Gasteiger partial charge < -0.3 is 25.0 Å². The van der Waals surface area contributed by atoms with Crippen molar-refractivity contribution in [1.29, 1.82) is 0 Å². The fraction of sp³-hybridized carbons (Fsp3) is 0.385. The van der Waals surface area contributed by atoms with Crippen LogP contribution in [0.5, 0.6) is 5.75 Å². The SMILES string of the molecule is CC(C)C[C@H](NC(=O)Cn1nc(-c2cccc(OCCN(C)C)c2)cc1-c1ccccc1)B(O)O.Cl. The lowest BCUT2D eigenvalue weighted by atomic mass is 9.75. The van der Waals surface area contributed by atoms with Gasteiger partial charge in [0, 0.05) is 12.1 Å². The summed E-state index contributed by atoms with van der Waals surface area (Å²) in [5, 5.41) is 26.8. The Labute approximate surface area is 219 Å². The third kappa shape index (κ3) is 8.67. The summed E-state index contributed by atoms with van der Waals surface area (Å²) in [5.74, 6) is -0.123. The van der Waals surface area contributed by atoms with Crippen molar-refractivity contribution in [2.75, 3.05) is 27.2 Å². The zero-order valence-corrected chi connectivity index (χ0v) is 22.1. The van der Waals surface area contributed by atoms with Gasteiger partial charge in [-0.2, -0.15) is 5.10 Å². The van der Waals surface area contributed by atoms with Gasteiger partial charge in [0.1, 0.15) is 18.9 Å². The molecule has 194 valence electrons. The summed E-state index contributed by atoms with van der Waals surface area (Å²) in [6.45, 7) is 5.27. The van der Waals surface area contributed by atoms with Crippen LogP contribution in [-0.4, -0.2) is 70.9 Å². The Morgan fingerprint density at radius 3 is 2.42 bits per heavy atom. The van der Waals surface area contributed by atoms with Crippen molar-refractivity contribution < 1.29 is 19.6 Å². The van der Waals surface area contributed by atoms with Crippen molar-refractivity contribution >= 4 is 25.4 Å². The first-order valence-corrected chi connectivity index (χ1v) is 11.9. The van der Waals surface area contributed by atoms with Gasteiger partial charge in [0.2, 0.25) is 5.91 Å². The minimum Gasteiger partial charge on any atom is -0.492 e. The first kappa shape index (κ1) is 29.4. The molecule has 3 aromatic rings. The number of ether oxygens (including phenoxy) is 1. The molecule has 0 saturated heterocycles. The molecule has 0 unspecified atom stereocenters. The molecule has 2 aromatic carbocycles. The summed E-state index contributed by atoms with van der Waals surface area (Å²) < 4.78 is 7.52. The molecule has 1 amide bonds. The van der Waals surface area contributed by atoms with E-state index in [1.54, 1.807) is 4.68 Å². The average molecular weight is 515 g/mol. The van der Waals surface area contributed by atoms with Crippen molar-refractivity contribution in [3.8, 4) is 28.3 Å². The molecule has 3 rings (SSSR count). The maximum Gasteiger partial charge on any atom is 0.475 e. The highest BCUT2D eigenvalue weighted by atomic mass is 35.5. The summed E-state index contributed by atoms with van der Waals surface area (Å²) >= 11 is 0. The third-order valence-corrected chi connectivity index (χ3v) is 5.51. The molecule has 10 heteroatoms. The number of halogens is 1. The predicted octanol–water partition coefficient (Wildman–Crippen LogP) is 3.12. The number of carbonyl (C=O) groups is 1. The van der Waals surface area contributed by atoms with E-state index in [-0.39, 0.29) is 30.8 Å². The van der Waals surface area contributed by atoms with Crippen LogP contribution >= 0.6 is 12.4 Å². The van der Waals surface area contributed by atoms with Gasteiger partial charge in [-0.3, -0.25) is 9.48 Å². The van der Waals surface area contributed by atoms with Crippen molar-refractivity contribution in [2.45, 2.75) is 32.8 Å². The van der Waals surface area contributed by atoms with Crippen molar-refractivity contribution in [3.63, 3.8) is 0 Å². The number of nitrogens with one attached hydrogen (secondary N) is 1. The number of benzene rings is 2. The molecule has 0 saturated carbocycles. The molecule has 3 N–H and O–H groups in total. The number of amides is 1. The monoisotopic (exact) mass is 514 g/mol. The molecule has 0 spiro atoms. The Hall–Kier alpha value is -2.85. The molecule has 0 fully saturated rings. The molecule has 36 heavy (non-hydrogen) atoms. The van der Waals surface area contributed by atoms with Crippen molar-refractivity contribution in [1.82, 2.24) is 20.0 Å². The van der Waals surface area contributed by atoms with Gasteiger partial charge in [0.15, 0.2) is 0 Å². The molecule has 0 radical (unpaired) electrons. The van der Waals surface area contributed by atoms with E-state index in [9.17, 15) is 14.8 Å². The molecule has 8 nitrogen and oxygen atoms in total. The molecular formula is C26H36BClN4O4. The second kappa shape index (κ2) is 14.0. The second-order valence-electron chi connectivity index (χ2n) is 9.34. The number of likely N-dealkylation sites (N-methyl/N-ethyl adjacent to an activating group) is 1. The van der Waals surface area contributed by atoms with Crippen LogP contribution < -0.4 is 10.1 Å². The molecule has 0 bridgehead atoms. The third-order valence-electron chi connectivity index (χ3n) is 5.51. The Balaban J connectivity index is 0.00000456. The number of hydrogen-bond donors (Lipinski definition) is 3. The van der Waals surface area contributed by atoms with E-state index in [0.29, 0.717) is 13.0 Å². The van der Waals surface area contributed by atoms with Crippen molar-refractivity contribution in [3.05, 3.63) is 60.7 Å². The summed E-state index contributed by atoms with van der Waals surface area (Å²) in [7, 11) is 2.37. The standard InChI is InChI=1S/C26H35BN4O4.ClH/c1-19(2)15-25(27(33)34)28-26(32)18-31-24(20-9-6-5-7-10-20)17-23(29-31)21-11-8-12-22(16-21)35-14-13-30(3)4;/h5-12,16-17,19,25,33-34H,13-15,18H2,1-4H3,(H,28,32);1H/t25-;/m0./s1. The fourth-order valence-electron chi connectivity index (χ4n) is 3.76. The number of rotatable bonds is 12. The zero-order chi connectivity index (χ0) is 25.4. The summed E-state index contributed by atoms with van der Waals surface area (Å²) in [4.78, 5) is 14.9. The number of nitrogens with zero attached hydrogens (tertiary/aromatic N) is 3. The van der Waals surface area contributed by atoms with Gasteiger partial charge >= 0.3 is 7.12 Å². The van der Waals surface area contributed by atoms with E-state index in [0.717, 1.165) is 34.8 Å². The quantitative estimate of drug-likeness (QED) is 0.321. The lowest BCUT2D eigenvalue weighted by Crippen LogP contribution is -2.48. The first-order chi connectivity index (χ1) is 16.7. The van der Waals surface area contributed by atoms with E-state index in [4.69, 9.17) is 9.84 Å². The van der Waals surface area contributed by atoms with E-state index < -0.39 is 13.1 Å². The van der Waals surface area contributed by atoms with Gasteiger partial charge in [-0.15, -0.1) is 12.4 Å². The summed E-state index contributed by atoms with van der Waals surface area (Å²) in [6, 6.07) is 19.4. The first-order valence-electron chi connectivity index (χ1n) is 11.9. The van der Waals surface area contributed by atoms with Crippen LogP contribution in [0.15, 0.2) is 60.7 Å². The van der Waals surface area contributed by atoms with E-state index >= 15 is 0 Å². The highest BCUT2D eigenvalue weighted by Gasteiger charge is 2.26. The Kier molecular flexibility index (Phi) is 11.5. The maximum atomic E-state index is 12.8. The normalized spacial score (nSPS) is 11.8. The smallest absolute Gasteiger partial charge is 0.475 e. The van der Waals surface area contributed by atoms with Gasteiger partial charge in [0.05, 0.1) is 17.3 Å². The van der Waals surface area contributed by atoms with Crippen LogP contribution in [0.4, 0.5) is 0 Å². The largest absolute Gasteiger partial charge is 0.492 e. The topological polar surface area (TPSA) is 99.9 Å². The molecule has 1 heterocycles. The molecular weight excluding hydrogens is 479 g/mol. The van der Waals surface area contributed by atoms with E-state index in [1.807, 2.05) is 88.6 Å². The molecule has 0 aliphatic rings. The van der Waals surface area contributed by atoms with Crippen LogP contribution in [0.1, 0.15) is 20.3 Å². The van der Waals surface area contributed by atoms with Crippen LogP contribution in [-0.2, 0) is 11.3 Å². The highest BCUT2D eigenvalue weighted by Crippen LogP contribution is 2.28. The number of hydrogen-bond acceptors (Lipinski definition) is 6. The molecule has 0 aliphatic carbocycles. The fourth-order valence-corrected chi connectivity index (χ4v) is 3.76. The maximum absolute atomic E-state index is 12.8. The molecule has 1 atom stereocenters. The second-order valence-corrected chi connectivity index (χ2v) is 9.34. The van der Waals surface area contributed by atoms with Crippen LogP contribution in [0.2, 0.25) is 0 Å². The number of aromatic nitrogens is 2. The van der Waals surface area contributed by atoms with Gasteiger partial charge in [-0.25, -0.2) is 0 Å². The number of carbonyl (C=O) groups excluding carboxylic acids is 1. The van der Waals surface area contributed by atoms with Crippen LogP contribution in [0.25, 0.3) is 22.5 Å².